The number of aldehydes is 1. The number of amides is 1. The smallest absolute Gasteiger partial charge is 0.251 e. The average Bonchev–Trinajstić information content (AvgIpc) is 2.85. The zero-order valence-corrected chi connectivity index (χ0v) is 19.3. The van der Waals surface area contributed by atoms with Crippen molar-refractivity contribution in [2.45, 2.75) is 50.7 Å². The number of carbonyl (C=O) groups is 2. The molecule has 0 atom stereocenters. The van der Waals surface area contributed by atoms with Crippen molar-refractivity contribution in [3.63, 3.8) is 0 Å². The Morgan fingerprint density at radius 3 is 2.36 bits per heavy atom. The van der Waals surface area contributed by atoms with Crippen LogP contribution in [0.5, 0.6) is 5.75 Å². The number of nitrogens with one attached hydrogen (secondary N) is 1. The maximum Gasteiger partial charge on any atom is 0.251 e. The Hall–Kier alpha value is -3.04. The van der Waals surface area contributed by atoms with Crippen LogP contribution in [0, 0.1) is 17.2 Å². The molecule has 1 saturated heterocycles. The summed E-state index contributed by atoms with van der Waals surface area (Å²) in [6.45, 7) is 1.74. The van der Waals surface area contributed by atoms with Crippen LogP contribution in [0.2, 0.25) is 5.02 Å². The van der Waals surface area contributed by atoms with E-state index in [1.54, 1.807) is 18.2 Å². The fourth-order valence-corrected chi connectivity index (χ4v) is 4.78. The van der Waals surface area contributed by atoms with E-state index in [0.717, 1.165) is 63.6 Å². The van der Waals surface area contributed by atoms with Crippen molar-refractivity contribution in [2.75, 3.05) is 18.0 Å². The van der Waals surface area contributed by atoms with E-state index in [4.69, 9.17) is 21.6 Å². The molecule has 2 aliphatic rings. The molecule has 1 heterocycles. The van der Waals surface area contributed by atoms with Crippen LogP contribution in [-0.4, -0.2) is 37.4 Å². The number of halogens is 1. The van der Waals surface area contributed by atoms with Crippen LogP contribution >= 0.6 is 11.6 Å². The largest absolute Gasteiger partial charge is 0.490 e. The van der Waals surface area contributed by atoms with Crippen LogP contribution in [0.1, 0.15) is 54.4 Å². The van der Waals surface area contributed by atoms with E-state index >= 15 is 0 Å². The normalized spacial score (nSPS) is 21.2. The maximum absolute atomic E-state index is 12.7. The Morgan fingerprint density at radius 1 is 1.06 bits per heavy atom. The average molecular weight is 466 g/mol. The predicted octanol–water partition coefficient (Wildman–Crippen LogP) is 4.75. The van der Waals surface area contributed by atoms with Gasteiger partial charge in [-0.3, -0.25) is 4.79 Å². The number of hydrogen-bond donors (Lipinski definition) is 1. The van der Waals surface area contributed by atoms with Gasteiger partial charge in [-0.25, -0.2) is 0 Å². The fraction of sp³-hybridized carbons (Fsp3) is 0.423. The Kier molecular flexibility index (Phi) is 7.51. The second kappa shape index (κ2) is 10.7. The zero-order chi connectivity index (χ0) is 23.2. The SMILES string of the molecule is N#Cc1ccc(O[C@H]2CC[C@H](NC(=O)c3ccc(N4CCC(C=O)CC4)cc3)CC2)cc1Cl. The molecule has 1 aliphatic carbocycles. The van der Waals surface area contributed by atoms with Gasteiger partial charge in [0.15, 0.2) is 0 Å². The summed E-state index contributed by atoms with van der Waals surface area (Å²) >= 11 is 6.09. The topological polar surface area (TPSA) is 82.4 Å². The molecule has 6 nitrogen and oxygen atoms in total. The first-order chi connectivity index (χ1) is 16.1. The molecule has 0 bridgehead atoms. The molecule has 0 radical (unpaired) electrons. The number of nitrogens with zero attached hydrogens (tertiary/aromatic N) is 2. The maximum atomic E-state index is 12.7. The van der Waals surface area contributed by atoms with Crippen molar-refractivity contribution in [2.24, 2.45) is 5.92 Å². The minimum absolute atomic E-state index is 0.0514. The van der Waals surface area contributed by atoms with E-state index in [1.807, 2.05) is 30.3 Å². The van der Waals surface area contributed by atoms with E-state index in [-0.39, 0.29) is 24.0 Å². The van der Waals surface area contributed by atoms with E-state index < -0.39 is 0 Å². The molecule has 0 aromatic heterocycles. The molecular weight excluding hydrogens is 438 g/mol. The Morgan fingerprint density at radius 2 is 1.76 bits per heavy atom. The Bertz CT molecular complexity index is 1020. The van der Waals surface area contributed by atoms with Crippen LogP contribution in [0.4, 0.5) is 5.69 Å². The van der Waals surface area contributed by atoms with Gasteiger partial charge in [-0.05, 0) is 74.9 Å². The summed E-state index contributed by atoms with van der Waals surface area (Å²) in [5.74, 6) is 0.792. The van der Waals surface area contributed by atoms with Crippen LogP contribution in [-0.2, 0) is 4.79 Å². The van der Waals surface area contributed by atoms with Crippen molar-refractivity contribution in [1.82, 2.24) is 5.32 Å². The molecule has 4 rings (SSSR count). The molecule has 2 aromatic carbocycles. The quantitative estimate of drug-likeness (QED) is 0.622. The Balaban J connectivity index is 1.24. The van der Waals surface area contributed by atoms with Crippen molar-refractivity contribution in [1.29, 1.82) is 5.26 Å². The highest BCUT2D eigenvalue weighted by Gasteiger charge is 2.24. The minimum Gasteiger partial charge on any atom is -0.490 e. The molecule has 1 N–H and O–H groups in total. The number of ether oxygens (including phenoxy) is 1. The highest BCUT2D eigenvalue weighted by atomic mass is 35.5. The first kappa shape index (κ1) is 23.1. The van der Waals surface area contributed by atoms with Crippen molar-refractivity contribution < 1.29 is 14.3 Å². The molecule has 0 unspecified atom stereocenters. The van der Waals surface area contributed by atoms with Gasteiger partial charge in [0.2, 0.25) is 0 Å². The first-order valence-electron chi connectivity index (χ1n) is 11.5. The summed E-state index contributed by atoms with van der Waals surface area (Å²) < 4.78 is 6.03. The summed E-state index contributed by atoms with van der Waals surface area (Å²) in [6.07, 6.45) is 6.30. The van der Waals surface area contributed by atoms with Crippen molar-refractivity contribution in [3.8, 4) is 11.8 Å². The number of carbonyl (C=O) groups excluding carboxylic acids is 2. The number of hydrogen-bond acceptors (Lipinski definition) is 5. The summed E-state index contributed by atoms with van der Waals surface area (Å²) in [7, 11) is 0. The summed E-state index contributed by atoms with van der Waals surface area (Å²) in [4.78, 5) is 25.9. The lowest BCUT2D eigenvalue weighted by molar-refractivity contribution is -0.111. The highest BCUT2D eigenvalue weighted by molar-refractivity contribution is 6.31. The summed E-state index contributed by atoms with van der Waals surface area (Å²) in [5, 5.41) is 12.5. The van der Waals surface area contributed by atoms with Crippen LogP contribution in [0.15, 0.2) is 42.5 Å². The molecule has 0 spiro atoms. The molecular formula is C26H28ClN3O3. The lowest BCUT2D eigenvalue weighted by Gasteiger charge is -2.31. The van der Waals surface area contributed by atoms with Gasteiger partial charge in [0.25, 0.3) is 5.91 Å². The van der Waals surface area contributed by atoms with Gasteiger partial charge in [-0.1, -0.05) is 11.6 Å². The zero-order valence-electron chi connectivity index (χ0n) is 18.5. The van der Waals surface area contributed by atoms with Gasteiger partial charge in [-0.15, -0.1) is 0 Å². The van der Waals surface area contributed by atoms with Crippen LogP contribution in [0.3, 0.4) is 0 Å². The third kappa shape index (κ3) is 5.85. The third-order valence-electron chi connectivity index (χ3n) is 6.60. The lowest BCUT2D eigenvalue weighted by atomic mass is 9.92. The van der Waals surface area contributed by atoms with Crippen molar-refractivity contribution in [3.05, 3.63) is 58.6 Å². The molecule has 2 fully saturated rings. The summed E-state index contributed by atoms with van der Waals surface area (Å²) in [6, 6.07) is 15.0. The second-order valence-corrected chi connectivity index (χ2v) is 9.23. The Labute approximate surface area is 199 Å². The van der Waals surface area contributed by atoms with Gasteiger partial charge in [-0.2, -0.15) is 5.26 Å². The van der Waals surface area contributed by atoms with E-state index in [1.165, 1.54) is 0 Å². The summed E-state index contributed by atoms with van der Waals surface area (Å²) in [5.41, 5.74) is 2.19. The highest BCUT2D eigenvalue weighted by Crippen LogP contribution is 2.28. The first-order valence-corrected chi connectivity index (χ1v) is 11.9. The standard InChI is InChI=1S/C26H28ClN3O3/c27-25-15-24(8-3-20(25)16-28)33-23-9-4-21(5-10-23)29-26(32)19-1-6-22(7-2-19)30-13-11-18(17-31)12-14-30/h1-3,6-8,15,17-18,21,23H,4-5,9-14H2,(H,29,32)/t21-,23-. The molecule has 172 valence electrons. The third-order valence-corrected chi connectivity index (χ3v) is 6.91. The van der Waals surface area contributed by atoms with Gasteiger partial charge in [0.1, 0.15) is 18.1 Å². The number of nitriles is 1. The molecule has 1 saturated carbocycles. The van der Waals surface area contributed by atoms with Crippen LogP contribution in [0.25, 0.3) is 0 Å². The fourth-order valence-electron chi connectivity index (χ4n) is 4.56. The molecule has 7 heteroatoms. The van der Waals surface area contributed by atoms with Gasteiger partial charge < -0.3 is 19.7 Å². The van der Waals surface area contributed by atoms with E-state index in [9.17, 15) is 9.59 Å². The van der Waals surface area contributed by atoms with Gasteiger partial charge in [0, 0.05) is 42.4 Å². The minimum atomic E-state index is -0.0514. The molecule has 1 aliphatic heterocycles. The second-order valence-electron chi connectivity index (χ2n) is 8.83. The molecule has 33 heavy (non-hydrogen) atoms. The van der Waals surface area contributed by atoms with Crippen LogP contribution < -0.4 is 15.0 Å². The van der Waals surface area contributed by atoms with E-state index in [2.05, 4.69) is 10.2 Å². The van der Waals surface area contributed by atoms with Gasteiger partial charge >= 0.3 is 0 Å². The van der Waals surface area contributed by atoms with Crippen molar-refractivity contribution >= 4 is 29.5 Å². The number of piperidine rings is 1. The number of rotatable bonds is 6. The number of benzene rings is 2. The van der Waals surface area contributed by atoms with Gasteiger partial charge in [0.05, 0.1) is 16.7 Å². The molecule has 2 aromatic rings. The monoisotopic (exact) mass is 465 g/mol. The number of anilines is 1. The van der Waals surface area contributed by atoms with E-state index in [0.29, 0.717) is 21.9 Å². The molecule has 1 amide bonds. The lowest BCUT2D eigenvalue weighted by Crippen LogP contribution is -2.39. The predicted molar refractivity (Wildman–Crippen MR) is 128 cm³/mol.